The van der Waals surface area contributed by atoms with Gasteiger partial charge in [0.05, 0.1) is 29.8 Å². The topological polar surface area (TPSA) is 112 Å². The van der Waals surface area contributed by atoms with Crippen molar-refractivity contribution in [3.63, 3.8) is 0 Å². The third-order valence-corrected chi connectivity index (χ3v) is 7.42. The molecule has 0 aromatic heterocycles. The minimum atomic E-state index is -1.36. The fourth-order valence-electron chi connectivity index (χ4n) is 4.87. The molecule has 1 rings (SSSR count). The van der Waals surface area contributed by atoms with Gasteiger partial charge in [0.15, 0.2) is 6.29 Å². The molecule has 0 amide bonds. The van der Waals surface area contributed by atoms with Crippen LogP contribution in [-0.2, 0) is 28.5 Å². The summed E-state index contributed by atoms with van der Waals surface area (Å²) in [4.78, 5) is 26.1. The highest BCUT2D eigenvalue weighted by Crippen LogP contribution is 2.34. The molecule has 10 atom stereocenters. The Morgan fingerprint density at radius 1 is 1.09 bits per heavy atom. The summed E-state index contributed by atoms with van der Waals surface area (Å²) >= 11 is 0. The van der Waals surface area contributed by atoms with Crippen LogP contribution in [0, 0.1) is 17.8 Å². The second kappa shape index (κ2) is 14.6. The molecule has 7 unspecified atom stereocenters. The number of methoxy groups -OCH3 is 1. The van der Waals surface area contributed by atoms with E-state index in [-0.39, 0.29) is 30.1 Å². The van der Waals surface area contributed by atoms with Crippen molar-refractivity contribution in [3.8, 4) is 0 Å². The summed E-state index contributed by atoms with van der Waals surface area (Å²) in [6, 6.07) is 0. The van der Waals surface area contributed by atoms with Crippen molar-refractivity contribution in [3.05, 3.63) is 0 Å². The zero-order chi connectivity index (χ0) is 26.9. The molecule has 1 aliphatic rings. The van der Waals surface area contributed by atoms with Crippen LogP contribution in [0.4, 0.5) is 0 Å². The Kier molecular flexibility index (Phi) is 13.4. The molecule has 1 aliphatic heterocycles. The summed E-state index contributed by atoms with van der Waals surface area (Å²) in [5, 5.41) is 21.2. The van der Waals surface area contributed by atoms with E-state index in [9.17, 15) is 19.8 Å². The van der Waals surface area contributed by atoms with Crippen LogP contribution in [0.1, 0.15) is 93.9 Å². The summed E-state index contributed by atoms with van der Waals surface area (Å²) in [6.45, 7) is 15.3. The average molecular weight is 503 g/mol. The van der Waals surface area contributed by atoms with Crippen LogP contribution in [-0.4, -0.2) is 71.5 Å². The molecular weight excluding hydrogens is 452 g/mol. The maximum atomic E-state index is 13.2. The third-order valence-electron chi connectivity index (χ3n) is 7.42. The molecular formula is C27H50O8. The van der Waals surface area contributed by atoms with E-state index >= 15 is 0 Å². The monoisotopic (exact) mass is 502 g/mol. The number of aliphatic hydroxyl groups is 2. The van der Waals surface area contributed by atoms with E-state index in [2.05, 4.69) is 0 Å². The minimum Gasteiger partial charge on any atom is -0.459 e. The quantitative estimate of drug-likeness (QED) is 0.378. The lowest BCUT2D eigenvalue weighted by atomic mass is 9.79. The second-order valence-electron chi connectivity index (χ2n) is 10.6. The molecule has 0 aromatic carbocycles. The summed E-state index contributed by atoms with van der Waals surface area (Å²) in [5.74, 6) is -1.85. The Morgan fingerprint density at radius 3 is 2.23 bits per heavy atom. The highest BCUT2D eigenvalue weighted by molar-refractivity contribution is 5.81. The van der Waals surface area contributed by atoms with Gasteiger partial charge in [0.1, 0.15) is 18.0 Å². The van der Waals surface area contributed by atoms with E-state index < -0.39 is 48.2 Å². The second-order valence-corrected chi connectivity index (χ2v) is 10.6. The minimum absolute atomic E-state index is 0.00762. The lowest BCUT2D eigenvalue weighted by molar-refractivity contribution is -0.220. The molecule has 1 saturated heterocycles. The van der Waals surface area contributed by atoms with Gasteiger partial charge in [0.2, 0.25) is 0 Å². The van der Waals surface area contributed by atoms with Crippen molar-refractivity contribution in [1.29, 1.82) is 0 Å². The van der Waals surface area contributed by atoms with E-state index in [1.165, 1.54) is 0 Å². The van der Waals surface area contributed by atoms with Crippen molar-refractivity contribution in [2.75, 3.05) is 7.11 Å². The van der Waals surface area contributed by atoms with E-state index in [1.807, 2.05) is 41.5 Å². The summed E-state index contributed by atoms with van der Waals surface area (Å²) in [6.07, 6.45) is -2.10. The van der Waals surface area contributed by atoms with Crippen molar-refractivity contribution >= 4 is 11.8 Å². The van der Waals surface area contributed by atoms with Gasteiger partial charge in [-0.3, -0.25) is 9.59 Å². The first-order valence-electron chi connectivity index (χ1n) is 13.3. The van der Waals surface area contributed by atoms with Crippen LogP contribution < -0.4 is 0 Å². The number of cyclic esters (lactones) is 1. The van der Waals surface area contributed by atoms with Gasteiger partial charge in [0, 0.05) is 19.4 Å². The summed E-state index contributed by atoms with van der Waals surface area (Å²) < 4.78 is 24.0. The Balaban J connectivity index is 3.38. The molecule has 1 heterocycles. The molecule has 0 radical (unpaired) electrons. The van der Waals surface area contributed by atoms with Crippen molar-refractivity contribution in [2.45, 2.75) is 136 Å². The molecule has 2 N–H and O–H groups in total. The number of ketones is 1. The van der Waals surface area contributed by atoms with Crippen LogP contribution in [0.3, 0.4) is 0 Å². The highest BCUT2D eigenvalue weighted by atomic mass is 16.7. The van der Waals surface area contributed by atoms with E-state index in [1.54, 1.807) is 21.0 Å². The van der Waals surface area contributed by atoms with Crippen LogP contribution in [0.2, 0.25) is 0 Å². The predicted octanol–water partition coefficient (Wildman–Crippen LogP) is 4.03. The number of hydrogen-bond acceptors (Lipinski definition) is 8. The molecule has 0 spiro atoms. The standard InChI is InChI=1S/C27H50O8/c1-10-18(6)33-23(12-3)35-25-17(5)15-27(8,32-9)14-16(4)20(28)13-21(29)24(30)22(11-2)34-26(31)19(25)7/h16-19,21-25,29-30H,10-15H2,1-9H3/t16?,17?,18?,19?,21-,22?,23+,24?,25?,27+/m1/s1. The van der Waals surface area contributed by atoms with Gasteiger partial charge < -0.3 is 29.2 Å². The van der Waals surface area contributed by atoms with Gasteiger partial charge in [-0.1, -0.05) is 34.6 Å². The van der Waals surface area contributed by atoms with Crippen molar-refractivity contribution in [1.82, 2.24) is 0 Å². The lowest BCUT2D eigenvalue weighted by Crippen LogP contribution is -2.47. The van der Waals surface area contributed by atoms with Gasteiger partial charge in [-0.25, -0.2) is 0 Å². The van der Waals surface area contributed by atoms with E-state index in [0.717, 1.165) is 6.42 Å². The molecule has 0 saturated carbocycles. The SMILES string of the molecule is CCC(C)O[C@H](CC)OC1C(C)C[C@@](C)(OC)CC(C)C(=O)C[C@@H](O)C(O)C(CC)OC(=O)C1C. The lowest BCUT2D eigenvalue weighted by Gasteiger charge is -2.39. The third kappa shape index (κ3) is 9.39. The Hall–Kier alpha value is -1.06. The molecule has 1 fully saturated rings. The number of carbonyl (C=O) groups excluding carboxylic acids is 2. The smallest absolute Gasteiger partial charge is 0.311 e. The number of hydrogen-bond donors (Lipinski definition) is 2. The zero-order valence-corrected chi connectivity index (χ0v) is 23.3. The van der Waals surface area contributed by atoms with E-state index in [0.29, 0.717) is 25.7 Å². The van der Waals surface area contributed by atoms with Gasteiger partial charge >= 0.3 is 5.97 Å². The van der Waals surface area contributed by atoms with Crippen LogP contribution >= 0.6 is 0 Å². The van der Waals surface area contributed by atoms with Crippen LogP contribution in [0.15, 0.2) is 0 Å². The largest absolute Gasteiger partial charge is 0.459 e. The Bertz CT molecular complexity index is 655. The van der Waals surface area contributed by atoms with Gasteiger partial charge in [-0.2, -0.15) is 0 Å². The highest BCUT2D eigenvalue weighted by Gasteiger charge is 2.41. The molecule has 35 heavy (non-hydrogen) atoms. The number of rotatable bonds is 8. The number of aliphatic hydroxyl groups excluding tert-OH is 2. The van der Waals surface area contributed by atoms with Gasteiger partial charge in [0.25, 0.3) is 0 Å². The van der Waals surface area contributed by atoms with Crippen LogP contribution in [0.5, 0.6) is 0 Å². The molecule has 0 aliphatic carbocycles. The molecule has 0 bridgehead atoms. The predicted molar refractivity (Wildman–Crippen MR) is 134 cm³/mol. The Morgan fingerprint density at radius 2 is 1.71 bits per heavy atom. The summed E-state index contributed by atoms with van der Waals surface area (Å²) in [5.41, 5.74) is -0.654. The van der Waals surface area contributed by atoms with Gasteiger partial charge in [-0.05, 0) is 58.8 Å². The van der Waals surface area contributed by atoms with Crippen LogP contribution in [0.25, 0.3) is 0 Å². The maximum absolute atomic E-state index is 13.2. The first-order chi connectivity index (χ1) is 16.3. The number of Topliss-reactive ketones (excluding diaryl/α,β-unsaturated/α-hetero) is 1. The average Bonchev–Trinajstić information content (AvgIpc) is 2.82. The van der Waals surface area contributed by atoms with Crippen molar-refractivity contribution < 1.29 is 38.7 Å². The molecule has 8 heteroatoms. The fraction of sp³-hybridized carbons (Fsp3) is 0.926. The number of ether oxygens (including phenoxy) is 4. The molecule has 0 aromatic rings. The molecule has 206 valence electrons. The molecule has 8 nitrogen and oxygen atoms in total. The van der Waals surface area contributed by atoms with Gasteiger partial charge in [-0.15, -0.1) is 0 Å². The van der Waals surface area contributed by atoms with E-state index in [4.69, 9.17) is 18.9 Å². The number of carbonyl (C=O) groups is 2. The first kappa shape index (κ1) is 32.0. The zero-order valence-electron chi connectivity index (χ0n) is 23.3. The Labute approximate surface area is 212 Å². The first-order valence-corrected chi connectivity index (χ1v) is 13.3. The van der Waals surface area contributed by atoms with Crippen molar-refractivity contribution in [2.24, 2.45) is 17.8 Å². The normalized spacial score (nSPS) is 37.9. The summed E-state index contributed by atoms with van der Waals surface area (Å²) in [7, 11) is 1.62. The fourth-order valence-corrected chi connectivity index (χ4v) is 4.87. The maximum Gasteiger partial charge on any atom is 0.311 e. The number of esters is 1.